The van der Waals surface area contributed by atoms with Crippen LogP contribution in [0.5, 0.6) is 0 Å². The molecule has 0 saturated carbocycles. The second kappa shape index (κ2) is 8.10. The summed E-state index contributed by atoms with van der Waals surface area (Å²) >= 11 is 0. The zero-order chi connectivity index (χ0) is 20.2. The molecule has 0 radical (unpaired) electrons. The highest BCUT2D eigenvalue weighted by atomic mass is 16.5. The minimum Gasteiger partial charge on any atom is -0.467 e. The molecule has 1 atom stereocenters. The summed E-state index contributed by atoms with van der Waals surface area (Å²) in [6.07, 6.45) is 0.327. The molecule has 4 rings (SSSR count). The second-order valence-electron chi connectivity index (χ2n) is 6.78. The fraction of sp³-hybridized carbons (Fsp3) is 0.125. The van der Waals surface area contributed by atoms with Crippen molar-refractivity contribution in [3.8, 4) is 0 Å². The summed E-state index contributed by atoms with van der Waals surface area (Å²) < 4.78 is 4.93. The van der Waals surface area contributed by atoms with E-state index in [2.05, 4.69) is 10.3 Å². The Morgan fingerprint density at radius 3 is 2.45 bits per heavy atom. The third kappa shape index (κ3) is 3.94. The Morgan fingerprint density at radius 2 is 1.62 bits per heavy atom. The highest BCUT2D eigenvalue weighted by Gasteiger charge is 2.24. The molecule has 5 nitrogen and oxygen atoms in total. The van der Waals surface area contributed by atoms with Gasteiger partial charge in [0.2, 0.25) is 0 Å². The van der Waals surface area contributed by atoms with Crippen LogP contribution in [0.4, 0.5) is 0 Å². The largest absolute Gasteiger partial charge is 0.467 e. The number of rotatable bonds is 5. The van der Waals surface area contributed by atoms with Crippen LogP contribution in [0, 0.1) is 0 Å². The van der Waals surface area contributed by atoms with E-state index in [9.17, 15) is 9.59 Å². The third-order valence-corrected chi connectivity index (χ3v) is 4.93. The van der Waals surface area contributed by atoms with Gasteiger partial charge in [0.15, 0.2) is 0 Å². The quantitative estimate of drug-likeness (QED) is 0.530. The number of esters is 1. The molecular weight excluding hydrogens is 364 g/mol. The SMILES string of the molecule is COC(=O)[C@@H](Cc1cccc2ccccc12)NC(=O)c1ccc2ccccc2n1. The number of fused-ring (bicyclic) bond motifs is 2. The number of ether oxygens (including phenoxy) is 1. The fourth-order valence-electron chi connectivity index (χ4n) is 3.45. The average Bonchev–Trinajstić information content (AvgIpc) is 2.77. The summed E-state index contributed by atoms with van der Waals surface area (Å²) in [6, 6.07) is 24.1. The van der Waals surface area contributed by atoms with Gasteiger partial charge >= 0.3 is 5.97 Å². The molecule has 0 saturated heterocycles. The van der Waals surface area contributed by atoms with E-state index in [1.165, 1.54) is 7.11 Å². The molecule has 0 spiro atoms. The van der Waals surface area contributed by atoms with Gasteiger partial charge in [-0.05, 0) is 28.5 Å². The highest BCUT2D eigenvalue weighted by molar-refractivity contribution is 5.97. The summed E-state index contributed by atoms with van der Waals surface area (Å²) in [6.45, 7) is 0. The first-order valence-electron chi connectivity index (χ1n) is 9.37. The summed E-state index contributed by atoms with van der Waals surface area (Å²) in [7, 11) is 1.32. The van der Waals surface area contributed by atoms with Crippen molar-refractivity contribution in [3.63, 3.8) is 0 Å². The van der Waals surface area contributed by atoms with Crippen LogP contribution in [0.2, 0.25) is 0 Å². The van der Waals surface area contributed by atoms with Crippen molar-refractivity contribution in [2.75, 3.05) is 7.11 Å². The van der Waals surface area contributed by atoms with Gasteiger partial charge in [-0.2, -0.15) is 0 Å². The highest BCUT2D eigenvalue weighted by Crippen LogP contribution is 2.20. The van der Waals surface area contributed by atoms with Crippen molar-refractivity contribution in [2.45, 2.75) is 12.5 Å². The van der Waals surface area contributed by atoms with Crippen LogP contribution < -0.4 is 5.32 Å². The number of hydrogen-bond donors (Lipinski definition) is 1. The second-order valence-corrected chi connectivity index (χ2v) is 6.78. The first kappa shape index (κ1) is 18.6. The lowest BCUT2D eigenvalue weighted by molar-refractivity contribution is -0.142. The molecule has 5 heteroatoms. The Bertz CT molecular complexity index is 1200. The molecule has 1 amide bonds. The number of pyridine rings is 1. The lowest BCUT2D eigenvalue weighted by Gasteiger charge is -2.17. The van der Waals surface area contributed by atoms with Crippen LogP contribution >= 0.6 is 0 Å². The van der Waals surface area contributed by atoms with E-state index in [1.807, 2.05) is 72.8 Å². The predicted octanol–water partition coefficient (Wildman–Crippen LogP) is 3.90. The molecule has 144 valence electrons. The maximum absolute atomic E-state index is 12.8. The van der Waals surface area contributed by atoms with E-state index in [0.717, 1.165) is 27.2 Å². The number of aromatic nitrogens is 1. The number of carbonyl (C=O) groups excluding carboxylic acids is 2. The summed E-state index contributed by atoms with van der Waals surface area (Å²) in [5.74, 6) is -0.904. The van der Waals surface area contributed by atoms with Gasteiger partial charge in [0.05, 0.1) is 12.6 Å². The maximum atomic E-state index is 12.8. The summed E-state index contributed by atoms with van der Waals surface area (Å²) in [4.78, 5) is 29.6. The normalized spacial score (nSPS) is 11.9. The van der Waals surface area contributed by atoms with Crippen molar-refractivity contribution in [3.05, 3.63) is 90.1 Å². The van der Waals surface area contributed by atoms with Crippen molar-refractivity contribution >= 4 is 33.6 Å². The number of nitrogens with zero attached hydrogens (tertiary/aromatic N) is 1. The minimum atomic E-state index is -0.813. The first-order chi connectivity index (χ1) is 14.2. The van der Waals surface area contributed by atoms with Gasteiger partial charge in [0.25, 0.3) is 5.91 Å². The number of amides is 1. The fourth-order valence-corrected chi connectivity index (χ4v) is 3.45. The van der Waals surface area contributed by atoms with Crippen LogP contribution in [-0.4, -0.2) is 30.0 Å². The number of para-hydroxylation sites is 1. The lowest BCUT2D eigenvalue weighted by Crippen LogP contribution is -2.43. The van der Waals surface area contributed by atoms with E-state index in [4.69, 9.17) is 4.74 Å². The van der Waals surface area contributed by atoms with Crippen LogP contribution in [-0.2, 0) is 16.0 Å². The maximum Gasteiger partial charge on any atom is 0.328 e. The Balaban J connectivity index is 1.61. The van der Waals surface area contributed by atoms with E-state index in [1.54, 1.807) is 6.07 Å². The van der Waals surface area contributed by atoms with Gasteiger partial charge in [0, 0.05) is 11.8 Å². The average molecular weight is 384 g/mol. The molecule has 0 aliphatic heterocycles. The lowest BCUT2D eigenvalue weighted by atomic mass is 9.98. The topological polar surface area (TPSA) is 68.3 Å². The van der Waals surface area contributed by atoms with E-state index in [-0.39, 0.29) is 5.69 Å². The molecule has 3 aromatic carbocycles. The zero-order valence-corrected chi connectivity index (χ0v) is 16.0. The minimum absolute atomic E-state index is 0.260. The number of nitrogens with one attached hydrogen (secondary N) is 1. The standard InChI is InChI=1S/C24H20N2O3/c1-29-24(28)22(15-18-10-6-9-16-7-2-4-11-19(16)18)26-23(27)21-14-13-17-8-3-5-12-20(17)25-21/h2-14,22H,15H2,1H3,(H,26,27)/t22-/m1/s1. The molecule has 0 bridgehead atoms. The molecule has 0 unspecified atom stereocenters. The van der Waals surface area contributed by atoms with Crippen LogP contribution in [0.1, 0.15) is 16.1 Å². The molecule has 1 heterocycles. The number of hydrogen-bond acceptors (Lipinski definition) is 4. The van der Waals surface area contributed by atoms with E-state index >= 15 is 0 Å². The number of carbonyl (C=O) groups is 2. The van der Waals surface area contributed by atoms with E-state index in [0.29, 0.717) is 6.42 Å². The molecule has 0 aliphatic carbocycles. The molecule has 0 fully saturated rings. The van der Waals surface area contributed by atoms with Gasteiger partial charge in [-0.1, -0.05) is 66.7 Å². The summed E-state index contributed by atoms with van der Waals surface area (Å²) in [5, 5.41) is 5.86. The Morgan fingerprint density at radius 1 is 0.897 bits per heavy atom. The van der Waals surface area contributed by atoms with Crippen LogP contribution in [0.25, 0.3) is 21.7 Å². The van der Waals surface area contributed by atoms with E-state index < -0.39 is 17.9 Å². The van der Waals surface area contributed by atoms with Gasteiger partial charge in [-0.3, -0.25) is 4.79 Å². The third-order valence-electron chi connectivity index (χ3n) is 4.93. The van der Waals surface area contributed by atoms with Crippen LogP contribution in [0.3, 0.4) is 0 Å². The number of methoxy groups -OCH3 is 1. The molecule has 29 heavy (non-hydrogen) atoms. The molecular formula is C24H20N2O3. The molecule has 0 aliphatic rings. The zero-order valence-electron chi connectivity index (χ0n) is 16.0. The predicted molar refractivity (Wildman–Crippen MR) is 113 cm³/mol. The van der Waals surface area contributed by atoms with Gasteiger partial charge < -0.3 is 10.1 Å². The van der Waals surface area contributed by atoms with Crippen molar-refractivity contribution in [1.82, 2.24) is 10.3 Å². The molecule has 1 N–H and O–H groups in total. The van der Waals surface area contributed by atoms with Crippen molar-refractivity contribution < 1.29 is 14.3 Å². The van der Waals surface area contributed by atoms with Crippen molar-refractivity contribution in [2.24, 2.45) is 0 Å². The summed E-state index contributed by atoms with van der Waals surface area (Å²) in [5.41, 5.74) is 1.95. The Kier molecular flexibility index (Phi) is 5.20. The first-order valence-corrected chi connectivity index (χ1v) is 9.37. The Hall–Kier alpha value is -3.73. The van der Waals surface area contributed by atoms with Crippen molar-refractivity contribution in [1.29, 1.82) is 0 Å². The van der Waals surface area contributed by atoms with Gasteiger partial charge in [0.1, 0.15) is 11.7 Å². The van der Waals surface area contributed by atoms with Crippen LogP contribution in [0.15, 0.2) is 78.9 Å². The van der Waals surface area contributed by atoms with Gasteiger partial charge in [-0.15, -0.1) is 0 Å². The molecule has 1 aromatic heterocycles. The number of benzene rings is 3. The molecule has 4 aromatic rings. The Labute approximate surface area is 168 Å². The van der Waals surface area contributed by atoms with Gasteiger partial charge in [-0.25, -0.2) is 9.78 Å². The monoisotopic (exact) mass is 384 g/mol. The smallest absolute Gasteiger partial charge is 0.328 e.